The van der Waals surface area contributed by atoms with Gasteiger partial charge in [0.1, 0.15) is 24.6 Å². The van der Waals surface area contributed by atoms with E-state index in [2.05, 4.69) is 39.7 Å². The van der Waals surface area contributed by atoms with Crippen LogP contribution in [0.5, 0.6) is 0 Å². The van der Waals surface area contributed by atoms with E-state index < -0.39 is 46.8 Å². The molecule has 0 saturated carbocycles. The molecule has 2 aromatic rings. The van der Waals surface area contributed by atoms with Gasteiger partial charge in [-0.15, -0.1) is 0 Å². The van der Waals surface area contributed by atoms with E-state index in [0.29, 0.717) is 0 Å². The third kappa shape index (κ3) is 7.98. The molecule has 0 radical (unpaired) electrons. The second-order valence-electron chi connectivity index (χ2n) is 5.50. The third-order valence-corrected chi connectivity index (χ3v) is 6.28. The van der Waals surface area contributed by atoms with Gasteiger partial charge in [0.2, 0.25) is 0 Å². The summed E-state index contributed by atoms with van der Waals surface area (Å²) in [6.45, 7) is -0.948. The number of aliphatic hydroxyl groups is 2. The molecule has 3 heterocycles. The van der Waals surface area contributed by atoms with Gasteiger partial charge in [0.25, 0.3) is 7.82 Å². The molecule has 1 fully saturated rings. The fourth-order valence-corrected chi connectivity index (χ4v) is 4.56. The summed E-state index contributed by atoms with van der Waals surface area (Å²) in [5.41, 5.74) is 6.02. The van der Waals surface area contributed by atoms with Crippen molar-refractivity contribution < 1.29 is 136 Å². The summed E-state index contributed by atoms with van der Waals surface area (Å²) < 4.78 is 36.0. The summed E-state index contributed by atoms with van der Waals surface area (Å²) in [5.74, 6) is 0.0430. The van der Waals surface area contributed by atoms with Gasteiger partial charge in [-0.2, -0.15) is 0 Å². The number of phosphoric ester groups is 1. The number of hydrogen-bond acceptors (Lipinski definition) is 14. The van der Waals surface area contributed by atoms with Crippen molar-refractivity contribution in [1.82, 2.24) is 19.5 Å². The van der Waals surface area contributed by atoms with Gasteiger partial charge in [0.15, 0.2) is 27.9 Å². The van der Waals surface area contributed by atoms with Crippen molar-refractivity contribution in [3.8, 4) is 0 Å². The number of hydrogen-bond donors (Lipinski definition) is 3. The third-order valence-electron chi connectivity index (χ3n) is 3.65. The molecule has 21 heteroatoms. The van der Waals surface area contributed by atoms with Gasteiger partial charge < -0.3 is 44.5 Å². The van der Waals surface area contributed by atoms with Crippen LogP contribution in [-0.4, -0.2) is 54.7 Å². The molecule has 1 aliphatic rings. The summed E-state index contributed by atoms with van der Waals surface area (Å²) >= 11 is 3.13. The van der Waals surface area contributed by atoms with Crippen molar-refractivity contribution in [1.29, 1.82) is 0 Å². The van der Waals surface area contributed by atoms with Crippen LogP contribution in [0.2, 0.25) is 0 Å². The molecule has 0 spiro atoms. The zero-order valence-electron chi connectivity index (χ0n) is 16.4. The summed E-state index contributed by atoms with van der Waals surface area (Å²) in [6.07, 6.45) is -4.84. The number of phosphoric acid groups is 2. The number of imidazole rings is 1. The second-order valence-corrected chi connectivity index (χ2v) is 8.91. The molecule has 4 N–H and O–H groups in total. The Morgan fingerprint density at radius 1 is 1.19 bits per heavy atom. The van der Waals surface area contributed by atoms with Crippen LogP contribution in [0.1, 0.15) is 6.23 Å². The van der Waals surface area contributed by atoms with Crippen LogP contribution in [0.25, 0.3) is 11.2 Å². The number of nitrogens with zero attached hydrogens (tertiary/aromatic N) is 4. The summed E-state index contributed by atoms with van der Waals surface area (Å²) in [4.78, 5) is 43.9. The number of nitrogens with two attached hydrogens (primary N) is 1. The van der Waals surface area contributed by atoms with E-state index in [1.165, 1.54) is 4.57 Å². The SMILES string of the molecule is Nc1ncnc2c1nc(Br)n2C1OC(COP(=O)([O-])OP(=O)([O-])[O-])C(O)C1O.[Na+].[Na+].[Na+]. The Balaban J connectivity index is 0.00000300. The molecule has 2 aromatic heterocycles. The van der Waals surface area contributed by atoms with Gasteiger partial charge in [0, 0.05) is 0 Å². The van der Waals surface area contributed by atoms with Crippen molar-refractivity contribution in [3.05, 3.63) is 11.1 Å². The van der Waals surface area contributed by atoms with Crippen molar-refractivity contribution in [2.24, 2.45) is 0 Å². The quantitative estimate of drug-likeness (QED) is 0.166. The van der Waals surface area contributed by atoms with Crippen molar-refractivity contribution >= 4 is 48.6 Å². The Hall–Kier alpha value is 1.97. The summed E-state index contributed by atoms with van der Waals surface area (Å²) in [6, 6.07) is 0. The first-order valence-corrected chi connectivity index (χ1v) is 11.0. The number of fused-ring (bicyclic) bond motifs is 1. The van der Waals surface area contributed by atoms with E-state index >= 15 is 0 Å². The molecule has 156 valence electrons. The fourth-order valence-electron chi connectivity index (χ4n) is 2.52. The average Bonchev–Trinajstić information content (AvgIpc) is 3.02. The molecular formula is C10H11BrN5Na3O10P2. The maximum absolute atomic E-state index is 11.3. The number of aromatic nitrogens is 4. The van der Waals surface area contributed by atoms with Gasteiger partial charge in [-0.05, 0) is 15.9 Å². The minimum Gasteiger partial charge on any atom is -0.790 e. The zero-order chi connectivity index (χ0) is 20.9. The molecule has 5 unspecified atom stereocenters. The van der Waals surface area contributed by atoms with Gasteiger partial charge in [0.05, 0.1) is 14.4 Å². The van der Waals surface area contributed by atoms with Crippen LogP contribution in [0, 0.1) is 0 Å². The van der Waals surface area contributed by atoms with Crippen molar-refractivity contribution in [3.63, 3.8) is 0 Å². The summed E-state index contributed by atoms with van der Waals surface area (Å²) in [5, 5.41) is 20.4. The van der Waals surface area contributed by atoms with Crippen molar-refractivity contribution in [2.45, 2.75) is 24.5 Å². The first-order valence-electron chi connectivity index (χ1n) is 7.24. The van der Waals surface area contributed by atoms with E-state index in [-0.39, 0.29) is 110 Å². The molecular weight excluding hydrogens is 561 g/mol. The molecule has 0 amide bonds. The maximum atomic E-state index is 11.3. The predicted molar refractivity (Wildman–Crippen MR) is 85.6 cm³/mol. The number of aliphatic hydroxyl groups excluding tert-OH is 2. The minimum atomic E-state index is -5.86. The topological polar surface area (TPSA) is 241 Å². The number of anilines is 1. The van der Waals surface area contributed by atoms with Gasteiger partial charge in [-0.3, -0.25) is 13.4 Å². The van der Waals surface area contributed by atoms with Crippen LogP contribution in [0.3, 0.4) is 0 Å². The van der Waals surface area contributed by atoms with Crippen LogP contribution in [-0.2, 0) is 22.7 Å². The fraction of sp³-hybridized carbons (Fsp3) is 0.500. The largest absolute Gasteiger partial charge is 1.00 e. The maximum Gasteiger partial charge on any atom is 1.00 e. The normalized spacial score (nSPS) is 25.2. The van der Waals surface area contributed by atoms with Crippen LogP contribution in [0.15, 0.2) is 11.1 Å². The smallest absolute Gasteiger partial charge is 0.790 e. The van der Waals surface area contributed by atoms with Gasteiger partial charge in [-0.1, -0.05) is 0 Å². The van der Waals surface area contributed by atoms with Crippen LogP contribution in [0.4, 0.5) is 5.82 Å². The summed E-state index contributed by atoms with van der Waals surface area (Å²) in [7, 11) is -11.4. The average molecular weight is 572 g/mol. The Morgan fingerprint density at radius 3 is 2.39 bits per heavy atom. The van der Waals surface area contributed by atoms with E-state index in [0.717, 1.165) is 6.33 Å². The Kier molecular flexibility index (Phi) is 13.6. The molecule has 1 saturated heterocycles. The molecule has 0 aliphatic carbocycles. The van der Waals surface area contributed by atoms with Crippen LogP contribution >= 0.6 is 31.6 Å². The molecule has 31 heavy (non-hydrogen) atoms. The number of rotatable bonds is 6. The van der Waals surface area contributed by atoms with E-state index in [1.54, 1.807) is 0 Å². The molecule has 3 rings (SSSR count). The van der Waals surface area contributed by atoms with Crippen LogP contribution < -0.4 is 109 Å². The number of nitrogen functional groups attached to an aromatic ring is 1. The van der Waals surface area contributed by atoms with E-state index in [9.17, 15) is 34.0 Å². The zero-order valence-corrected chi connectivity index (χ0v) is 25.8. The van der Waals surface area contributed by atoms with E-state index in [4.69, 9.17) is 10.5 Å². The van der Waals surface area contributed by atoms with Gasteiger partial charge in [-0.25, -0.2) is 15.0 Å². The Bertz CT molecular complexity index is 997. The standard InChI is InChI=1S/C10H14BrN5O10P2.3Na/c11-10-15-4-7(12)13-2-14-8(4)16(10)9-6(18)5(17)3(25-9)1-24-28(22,23)26-27(19,20)21;;;/h2-3,5-6,9,17-18H,1H2,(H,22,23)(H2,12,13,14)(H2,19,20,21);;;/q;3*+1/p-3. The Morgan fingerprint density at radius 2 is 1.81 bits per heavy atom. The predicted octanol–water partition coefficient (Wildman–Crippen LogP) is -11.9. The molecule has 0 aromatic carbocycles. The molecule has 5 atom stereocenters. The monoisotopic (exact) mass is 571 g/mol. The minimum absolute atomic E-state index is 0. The first-order chi connectivity index (χ1) is 12.9. The number of halogens is 1. The Labute approximate surface area is 249 Å². The molecule has 0 bridgehead atoms. The second kappa shape index (κ2) is 12.8. The molecule has 1 aliphatic heterocycles. The number of ether oxygens (including phenoxy) is 1. The first kappa shape index (κ1) is 33.0. The van der Waals surface area contributed by atoms with Gasteiger partial charge >= 0.3 is 88.7 Å². The van der Waals surface area contributed by atoms with E-state index in [1.807, 2.05) is 0 Å². The molecule has 15 nitrogen and oxygen atoms in total. The van der Waals surface area contributed by atoms with Crippen molar-refractivity contribution in [2.75, 3.05) is 12.3 Å².